The lowest BCUT2D eigenvalue weighted by atomic mass is 10.2. The van der Waals surface area contributed by atoms with Crippen LogP contribution in [-0.2, 0) is 0 Å². The van der Waals surface area contributed by atoms with Crippen LogP contribution in [0.25, 0.3) is 0 Å². The lowest BCUT2D eigenvalue weighted by molar-refractivity contribution is -0.605. The number of benzene rings is 1. The smallest absolute Gasteiger partial charge is 0.319 e. The van der Waals surface area contributed by atoms with Gasteiger partial charge in [-0.1, -0.05) is 6.08 Å². The maximum atomic E-state index is 12.0. The molecule has 7 nitrogen and oxygen atoms in total. The van der Waals surface area contributed by atoms with Gasteiger partial charge in [-0.3, -0.25) is 4.79 Å². The highest BCUT2D eigenvalue weighted by Crippen LogP contribution is 2.14. The van der Waals surface area contributed by atoms with Crippen molar-refractivity contribution < 1.29 is 14.3 Å². The van der Waals surface area contributed by atoms with E-state index in [0.29, 0.717) is 28.2 Å². The molecule has 0 saturated carbocycles. The van der Waals surface area contributed by atoms with Gasteiger partial charge >= 0.3 is 6.03 Å². The molecule has 3 amide bonds. The van der Waals surface area contributed by atoms with Crippen LogP contribution in [0, 0.1) is 5.21 Å². The number of hydrogen-bond acceptors (Lipinski definition) is 3. The molecule has 2 rings (SSSR count). The summed E-state index contributed by atoms with van der Waals surface area (Å²) < 4.78 is 0.606. The zero-order valence-electron chi connectivity index (χ0n) is 12.3. The van der Waals surface area contributed by atoms with E-state index < -0.39 is 0 Å². The van der Waals surface area contributed by atoms with Crippen molar-refractivity contribution in [3.8, 4) is 0 Å². The van der Waals surface area contributed by atoms with Crippen LogP contribution in [0.5, 0.6) is 0 Å². The molecule has 1 aromatic heterocycles. The van der Waals surface area contributed by atoms with Crippen LogP contribution >= 0.6 is 0 Å². The monoisotopic (exact) mass is 312 g/mol. The van der Waals surface area contributed by atoms with Crippen molar-refractivity contribution in [2.45, 2.75) is 0 Å². The zero-order valence-corrected chi connectivity index (χ0v) is 12.3. The van der Waals surface area contributed by atoms with Crippen molar-refractivity contribution in [2.24, 2.45) is 0 Å². The lowest BCUT2D eigenvalue weighted by Gasteiger charge is -2.08. The minimum absolute atomic E-state index is 0.324. The Balaban J connectivity index is 1.94. The molecule has 3 N–H and O–H groups in total. The Morgan fingerprint density at radius 3 is 2.17 bits per heavy atom. The van der Waals surface area contributed by atoms with E-state index in [0.717, 1.165) is 0 Å². The van der Waals surface area contributed by atoms with Crippen LogP contribution < -0.4 is 20.7 Å². The summed E-state index contributed by atoms with van der Waals surface area (Å²) in [6, 6.07) is 9.19. The van der Waals surface area contributed by atoms with E-state index in [9.17, 15) is 14.8 Å². The number of carbonyl (C=O) groups is 2. The summed E-state index contributed by atoms with van der Waals surface area (Å²) in [5.41, 5.74) is 1.55. The summed E-state index contributed by atoms with van der Waals surface area (Å²) in [4.78, 5) is 23.5. The number of anilines is 2. The molecule has 23 heavy (non-hydrogen) atoms. The molecule has 1 aromatic carbocycles. The van der Waals surface area contributed by atoms with Crippen LogP contribution in [0.1, 0.15) is 10.4 Å². The fraction of sp³-hybridized carbons (Fsp3) is 0.0625. The lowest BCUT2D eigenvalue weighted by Crippen LogP contribution is -2.28. The molecule has 0 unspecified atom stereocenters. The second kappa shape index (κ2) is 7.60. The van der Waals surface area contributed by atoms with Gasteiger partial charge < -0.3 is 21.2 Å². The second-order valence-electron chi connectivity index (χ2n) is 4.60. The molecular formula is C16H16N4O3. The van der Waals surface area contributed by atoms with Crippen molar-refractivity contribution >= 4 is 23.3 Å². The highest BCUT2D eigenvalue weighted by atomic mass is 16.5. The standard InChI is InChI=1S/C16H16N4O3/c1-2-9-17-16(22)19-14-5-3-13(4-6-14)18-15(21)12-7-10-20(23)11-8-12/h2-8,10-11H,1,9H2,(H,18,21)(H2,17,19,22). The normalized spacial score (nSPS) is 9.74. The quantitative estimate of drug-likeness (QED) is 0.447. The fourth-order valence-corrected chi connectivity index (χ4v) is 1.74. The molecule has 0 aliphatic carbocycles. The molecule has 0 bridgehead atoms. The van der Waals surface area contributed by atoms with Gasteiger partial charge in [-0.05, 0) is 24.3 Å². The number of nitrogens with zero attached hydrogens (tertiary/aromatic N) is 1. The van der Waals surface area contributed by atoms with Gasteiger partial charge in [0, 0.05) is 30.1 Å². The number of hydrogen-bond donors (Lipinski definition) is 3. The zero-order chi connectivity index (χ0) is 16.7. The van der Waals surface area contributed by atoms with E-state index in [2.05, 4.69) is 22.5 Å². The summed E-state index contributed by atoms with van der Waals surface area (Å²) in [6.07, 6.45) is 4.09. The predicted octanol–water partition coefficient (Wildman–Crippen LogP) is 1.88. The van der Waals surface area contributed by atoms with Gasteiger partial charge in [-0.15, -0.1) is 6.58 Å². The van der Waals surface area contributed by atoms with Crippen LogP contribution in [0.3, 0.4) is 0 Å². The molecule has 0 atom stereocenters. The molecule has 0 saturated heterocycles. The maximum Gasteiger partial charge on any atom is 0.319 e. The van der Waals surface area contributed by atoms with E-state index in [1.54, 1.807) is 30.3 Å². The van der Waals surface area contributed by atoms with Gasteiger partial charge in [0.2, 0.25) is 0 Å². The molecule has 0 aliphatic rings. The van der Waals surface area contributed by atoms with Gasteiger partial charge in [0.1, 0.15) is 0 Å². The molecule has 0 radical (unpaired) electrons. The minimum Gasteiger partial charge on any atom is -0.619 e. The van der Waals surface area contributed by atoms with Gasteiger partial charge in [-0.25, -0.2) is 4.79 Å². The third-order valence-corrected chi connectivity index (χ3v) is 2.87. The number of amides is 3. The number of pyridine rings is 1. The highest BCUT2D eigenvalue weighted by Gasteiger charge is 2.07. The third-order valence-electron chi connectivity index (χ3n) is 2.87. The summed E-state index contributed by atoms with van der Waals surface area (Å²) >= 11 is 0. The number of urea groups is 1. The first-order valence-corrected chi connectivity index (χ1v) is 6.84. The van der Waals surface area contributed by atoms with Gasteiger partial charge in [0.05, 0.1) is 5.56 Å². The Morgan fingerprint density at radius 1 is 1.04 bits per heavy atom. The van der Waals surface area contributed by atoms with E-state index in [1.165, 1.54) is 24.5 Å². The van der Waals surface area contributed by atoms with Crippen molar-refractivity contribution in [3.63, 3.8) is 0 Å². The second-order valence-corrected chi connectivity index (χ2v) is 4.60. The number of aromatic nitrogens is 1. The Morgan fingerprint density at radius 2 is 1.61 bits per heavy atom. The predicted molar refractivity (Wildman–Crippen MR) is 87.0 cm³/mol. The highest BCUT2D eigenvalue weighted by molar-refractivity contribution is 6.04. The van der Waals surface area contributed by atoms with Crippen molar-refractivity contribution in [1.82, 2.24) is 5.32 Å². The summed E-state index contributed by atoms with van der Waals surface area (Å²) in [5, 5.41) is 18.9. The summed E-state index contributed by atoms with van der Waals surface area (Å²) in [6.45, 7) is 3.88. The molecule has 7 heteroatoms. The number of carbonyl (C=O) groups excluding carboxylic acids is 2. The van der Waals surface area contributed by atoms with Crippen molar-refractivity contribution in [3.05, 3.63) is 72.2 Å². The Labute approximate surface area is 133 Å². The Bertz CT molecular complexity index is 696. The average molecular weight is 312 g/mol. The molecule has 1 heterocycles. The van der Waals surface area contributed by atoms with Gasteiger partial charge in [-0.2, -0.15) is 4.73 Å². The van der Waals surface area contributed by atoms with Crippen LogP contribution in [0.4, 0.5) is 16.2 Å². The van der Waals surface area contributed by atoms with Crippen molar-refractivity contribution in [2.75, 3.05) is 17.2 Å². The largest absolute Gasteiger partial charge is 0.619 e. The first-order valence-electron chi connectivity index (χ1n) is 6.84. The first kappa shape index (κ1) is 16.0. The van der Waals surface area contributed by atoms with E-state index in [1.807, 2.05) is 0 Å². The molecular weight excluding hydrogens is 296 g/mol. The summed E-state index contributed by atoms with van der Waals surface area (Å²) in [7, 11) is 0. The van der Waals surface area contributed by atoms with Crippen LogP contribution in [0.15, 0.2) is 61.4 Å². The number of rotatable bonds is 5. The Kier molecular flexibility index (Phi) is 5.30. The van der Waals surface area contributed by atoms with Crippen LogP contribution in [-0.4, -0.2) is 18.5 Å². The third kappa shape index (κ3) is 4.85. The average Bonchev–Trinajstić information content (AvgIpc) is 2.55. The molecule has 118 valence electrons. The van der Waals surface area contributed by atoms with Gasteiger partial charge in [0.15, 0.2) is 12.4 Å². The first-order chi connectivity index (χ1) is 11.1. The van der Waals surface area contributed by atoms with E-state index in [4.69, 9.17) is 0 Å². The van der Waals surface area contributed by atoms with E-state index in [-0.39, 0.29) is 11.9 Å². The topological polar surface area (TPSA) is 97.2 Å². The van der Waals surface area contributed by atoms with Crippen LogP contribution in [0.2, 0.25) is 0 Å². The number of nitrogens with one attached hydrogen (secondary N) is 3. The Hall–Kier alpha value is -3.35. The molecule has 0 fully saturated rings. The molecule has 0 aliphatic heterocycles. The van der Waals surface area contributed by atoms with E-state index >= 15 is 0 Å². The molecule has 2 aromatic rings. The molecule has 0 spiro atoms. The SMILES string of the molecule is C=CCNC(=O)Nc1ccc(NC(=O)c2cc[n+]([O-])cc2)cc1. The maximum absolute atomic E-state index is 12.0. The van der Waals surface area contributed by atoms with Crippen molar-refractivity contribution in [1.29, 1.82) is 0 Å². The minimum atomic E-state index is -0.336. The van der Waals surface area contributed by atoms with Gasteiger partial charge in [0.25, 0.3) is 5.91 Å². The fourth-order valence-electron chi connectivity index (χ4n) is 1.74. The summed E-state index contributed by atoms with van der Waals surface area (Å²) in [5.74, 6) is -0.324.